The van der Waals surface area contributed by atoms with Gasteiger partial charge < -0.3 is 14.6 Å². The number of aliphatic hydroxyl groups is 1. The number of hydrogen-bond donors (Lipinski definition) is 1. The van der Waals surface area contributed by atoms with E-state index in [4.69, 9.17) is 9.47 Å². The van der Waals surface area contributed by atoms with Crippen LogP contribution in [0.2, 0.25) is 0 Å². The van der Waals surface area contributed by atoms with Crippen LogP contribution in [0.15, 0.2) is 24.3 Å². The molecule has 2 heterocycles. The van der Waals surface area contributed by atoms with Crippen molar-refractivity contribution >= 4 is 10.8 Å². The third-order valence-electron chi connectivity index (χ3n) is 4.98. The van der Waals surface area contributed by atoms with Crippen molar-refractivity contribution in [3.05, 3.63) is 35.4 Å². The smallest absolute Gasteiger partial charge is 0.183 e. The summed E-state index contributed by atoms with van der Waals surface area (Å²) in [5.74, 6) is 0. The lowest BCUT2D eigenvalue weighted by molar-refractivity contribution is -0.109. The summed E-state index contributed by atoms with van der Waals surface area (Å²) in [5.41, 5.74) is 0.785. The van der Waals surface area contributed by atoms with Crippen LogP contribution in [-0.2, 0) is 25.9 Å². The lowest BCUT2D eigenvalue weighted by atomic mass is 9.78. The van der Waals surface area contributed by atoms with Crippen molar-refractivity contribution in [1.29, 1.82) is 0 Å². The van der Waals surface area contributed by atoms with E-state index in [1.165, 1.54) is 0 Å². The molecule has 0 radical (unpaired) electrons. The first kappa shape index (κ1) is 16.1. The summed E-state index contributed by atoms with van der Waals surface area (Å²) in [6.45, 7) is 0. The number of hydrogen-bond acceptors (Lipinski definition) is 4. The van der Waals surface area contributed by atoms with Crippen molar-refractivity contribution in [2.24, 2.45) is 0 Å². The van der Waals surface area contributed by atoms with Crippen molar-refractivity contribution in [1.82, 2.24) is 0 Å². The molecule has 0 amide bonds. The molecule has 1 aromatic rings. The molecular formula is C17H24O4S. The van der Waals surface area contributed by atoms with E-state index in [9.17, 15) is 9.32 Å². The fourth-order valence-electron chi connectivity index (χ4n) is 3.98. The van der Waals surface area contributed by atoms with E-state index in [0.717, 1.165) is 30.4 Å². The zero-order valence-corrected chi connectivity index (χ0v) is 14.0. The average Bonchev–Trinajstić information content (AvgIpc) is 2.51. The topological polar surface area (TPSA) is 55.8 Å². The van der Waals surface area contributed by atoms with E-state index in [1.807, 2.05) is 24.3 Å². The maximum absolute atomic E-state index is 12.4. The second-order valence-corrected chi connectivity index (χ2v) is 8.32. The van der Waals surface area contributed by atoms with Gasteiger partial charge in [-0.05, 0) is 31.2 Å². The molecule has 2 atom stereocenters. The Morgan fingerprint density at radius 2 is 1.77 bits per heavy atom. The van der Waals surface area contributed by atoms with Crippen LogP contribution in [0.4, 0.5) is 0 Å². The van der Waals surface area contributed by atoms with Gasteiger partial charge in [-0.25, -0.2) is 0 Å². The molecule has 2 aliphatic rings. The van der Waals surface area contributed by atoms with Gasteiger partial charge in [-0.1, -0.05) is 30.7 Å². The molecular weight excluding hydrogens is 300 g/mol. The Hall–Kier alpha value is -0.750. The fraction of sp³-hybridized carbons (Fsp3) is 0.647. The highest BCUT2D eigenvalue weighted by molar-refractivity contribution is 7.86. The summed E-state index contributed by atoms with van der Waals surface area (Å²) in [6.07, 6.45) is 3.66. The summed E-state index contributed by atoms with van der Waals surface area (Å²) in [5, 5.41) is 11.6. The van der Waals surface area contributed by atoms with Gasteiger partial charge in [0.25, 0.3) is 0 Å². The van der Waals surface area contributed by atoms with Gasteiger partial charge in [0.1, 0.15) is 0 Å². The Bertz CT molecular complexity index is 539. The molecule has 122 valence electrons. The molecule has 2 bridgehead atoms. The third-order valence-corrected chi connectivity index (χ3v) is 7.10. The molecule has 3 rings (SSSR count). The molecule has 4 nitrogen and oxygen atoms in total. The van der Waals surface area contributed by atoms with Gasteiger partial charge in [-0.15, -0.1) is 0 Å². The van der Waals surface area contributed by atoms with Crippen LogP contribution in [0, 0.1) is 0 Å². The Balaban J connectivity index is 1.98. The second-order valence-electron chi connectivity index (χ2n) is 6.33. The molecule has 2 fully saturated rings. The minimum absolute atomic E-state index is 0.106. The summed E-state index contributed by atoms with van der Waals surface area (Å²) in [6, 6.07) is 7.74. The monoisotopic (exact) mass is 324 g/mol. The lowest BCUT2D eigenvalue weighted by Crippen LogP contribution is -2.47. The Labute approximate surface area is 134 Å². The van der Waals surface area contributed by atoms with Gasteiger partial charge in [0.15, 0.2) is 6.29 Å². The van der Waals surface area contributed by atoms with Crippen LogP contribution in [0.5, 0.6) is 0 Å². The van der Waals surface area contributed by atoms with Crippen molar-refractivity contribution in [3.8, 4) is 0 Å². The van der Waals surface area contributed by atoms with Crippen LogP contribution < -0.4 is 0 Å². The first-order valence-electron chi connectivity index (χ1n) is 7.86. The molecule has 5 heteroatoms. The minimum atomic E-state index is -0.935. The molecule has 0 aliphatic carbocycles. The summed E-state index contributed by atoms with van der Waals surface area (Å²) < 4.78 is 23.2. The predicted octanol–water partition coefficient (Wildman–Crippen LogP) is 2.63. The fourth-order valence-corrected chi connectivity index (χ4v) is 6.20. The van der Waals surface area contributed by atoms with Crippen molar-refractivity contribution in [2.45, 2.75) is 54.5 Å². The van der Waals surface area contributed by atoms with Gasteiger partial charge in [0, 0.05) is 41.1 Å². The Morgan fingerprint density at radius 1 is 1.18 bits per heavy atom. The molecule has 0 aromatic heterocycles. The zero-order chi connectivity index (χ0) is 15.7. The van der Waals surface area contributed by atoms with Crippen LogP contribution >= 0.6 is 0 Å². The summed E-state index contributed by atoms with van der Waals surface area (Å²) in [7, 11) is 2.39. The molecule has 2 aliphatic heterocycles. The predicted molar refractivity (Wildman–Crippen MR) is 85.9 cm³/mol. The molecule has 1 aromatic carbocycles. The van der Waals surface area contributed by atoms with Crippen LogP contribution in [-0.4, -0.2) is 34.0 Å². The van der Waals surface area contributed by atoms with Crippen LogP contribution in [0.1, 0.15) is 49.5 Å². The van der Waals surface area contributed by atoms with Gasteiger partial charge in [-0.2, -0.15) is 0 Å². The summed E-state index contributed by atoms with van der Waals surface area (Å²) >= 11 is 0. The van der Waals surface area contributed by atoms with Crippen molar-refractivity contribution < 1.29 is 18.8 Å². The normalized spacial score (nSPS) is 34.8. The SMILES string of the molecule is COC(OC)c1ccccc1C1(O)CC2CCCC(C1)S2=O. The first-order chi connectivity index (χ1) is 10.6. The largest absolute Gasteiger partial charge is 0.385 e. The highest BCUT2D eigenvalue weighted by Crippen LogP contribution is 2.46. The Morgan fingerprint density at radius 3 is 2.36 bits per heavy atom. The maximum atomic E-state index is 12.4. The van der Waals surface area contributed by atoms with Crippen molar-refractivity contribution in [3.63, 3.8) is 0 Å². The molecule has 2 unspecified atom stereocenters. The van der Waals surface area contributed by atoms with Gasteiger partial charge in [-0.3, -0.25) is 4.21 Å². The quantitative estimate of drug-likeness (QED) is 0.865. The van der Waals surface area contributed by atoms with E-state index in [2.05, 4.69) is 0 Å². The lowest BCUT2D eigenvalue weighted by Gasteiger charge is -2.44. The zero-order valence-electron chi connectivity index (χ0n) is 13.2. The number of methoxy groups -OCH3 is 2. The molecule has 0 saturated carbocycles. The first-order valence-corrected chi connectivity index (χ1v) is 9.13. The number of benzene rings is 1. The summed E-state index contributed by atoms with van der Waals surface area (Å²) in [4.78, 5) is 0. The van der Waals surface area contributed by atoms with Gasteiger partial charge >= 0.3 is 0 Å². The van der Waals surface area contributed by atoms with E-state index in [-0.39, 0.29) is 10.5 Å². The molecule has 0 spiro atoms. The highest BCUT2D eigenvalue weighted by atomic mass is 32.2. The van der Waals surface area contributed by atoms with Crippen LogP contribution in [0.3, 0.4) is 0 Å². The third kappa shape index (κ3) is 2.75. The maximum Gasteiger partial charge on any atom is 0.183 e. The van der Waals surface area contributed by atoms with Crippen molar-refractivity contribution in [2.75, 3.05) is 14.2 Å². The molecule has 22 heavy (non-hydrogen) atoms. The number of fused-ring (bicyclic) bond motifs is 2. The van der Waals surface area contributed by atoms with E-state index in [1.54, 1.807) is 14.2 Å². The second kappa shape index (κ2) is 6.40. The van der Waals surface area contributed by atoms with Gasteiger partial charge in [0.05, 0.1) is 5.60 Å². The molecule has 2 saturated heterocycles. The van der Waals surface area contributed by atoms with E-state index in [0.29, 0.717) is 12.8 Å². The van der Waals surface area contributed by atoms with E-state index >= 15 is 0 Å². The molecule has 1 N–H and O–H groups in total. The highest BCUT2D eigenvalue weighted by Gasteiger charge is 2.47. The number of rotatable bonds is 4. The average molecular weight is 324 g/mol. The standard InChI is InChI=1S/C17H24O4S/c1-20-16(21-2)14-8-3-4-9-15(14)17(18)10-12-6-5-7-13(11-17)22(12)19/h3-4,8-9,12-13,16,18H,5-7,10-11H2,1-2H3. The van der Waals surface area contributed by atoms with Gasteiger partial charge in [0.2, 0.25) is 0 Å². The minimum Gasteiger partial charge on any atom is -0.385 e. The number of ether oxygens (including phenoxy) is 2. The van der Waals surface area contributed by atoms with E-state index < -0.39 is 22.7 Å². The Kier molecular flexibility index (Phi) is 4.69. The van der Waals surface area contributed by atoms with Crippen LogP contribution in [0.25, 0.3) is 0 Å².